The van der Waals surface area contributed by atoms with Crippen molar-refractivity contribution in [3.63, 3.8) is 0 Å². The molecule has 1 aromatic carbocycles. The number of rotatable bonds is 6. The molecule has 0 aromatic heterocycles. The smallest absolute Gasteiger partial charge is 0.494 e. The lowest BCUT2D eigenvalue weighted by atomic mass is 9.78. The molecule has 0 atom stereocenters. The monoisotopic (exact) mass is 336 g/mol. The average molecular weight is 336 g/mol. The second-order valence-corrected chi connectivity index (χ2v) is 7.00. The number of anilines is 1. The van der Waals surface area contributed by atoms with E-state index in [-0.39, 0.29) is 11.4 Å². The highest BCUT2D eigenvalue weighted by Crippen LogP contribution is 2.38. The summed E-state index contributed by atoms with van der Waals surface area (Å²) in [5.74, 6) is 0.463. The molecule has 1 aromatic rings. The van der Waals surface area contributed by atoms with Crippen molar-refractivity contribution >= 4 is 24.0 Å². The molecule has 0 unspecified atom stereocenters. The zero-order valence-corrected chi connectivity index (χ0v) is 14.9. The van der Waals surface area contributed by atoms with Crippen molar-refractivity contribution in [2.45, 2.75) is 58.7 Å². The van der Waals surface area contributed by atoms with Gasteiger partial charge in [0.25, 0.3) is 5.69 Å². The van der Waals surface area contributed by atoms with Gasteiger partial charge in [-0.3, -0.25) is 10.1 Å². The molecule has 0 aliphatic carbocycles. The van der Waals surface area contributed by atoms with E-state index < -0.39 is 23.2 Å². The van der Waals surface area contributed by atoms with Gasteiger partial charge in [-0.05, 0) is 34.1 Å². The Balaban J connectivity index is 2.42. The highest BCUT2D eigenvalue weighted by Gasteiger charge is 2.52. The van der Waals surface area contributed by atoms with Gasteiger partial charge in [0.2, 0.25) is 0 Å². The van der Waals surface area contributed by atoms with Gasteiger partial charge in [-0.2, -0.15) is 0 Å². The van der Waals surface area contributed by atoms with E-state index in [2.05, 4.69) is 6.92 Å². The first-order chi connectivity index (χ1) is 11.1. The summed E-state index contributed by atoms with van der Waals surface area (Å²) in [5.41, 5.74) is 5.08. The van der Waals surface area contributed by atoms with Crippen molar-refractivity contribution in [1.29, 1.82) is 0 Å². The molecule has 0 bridgehead atoms. The molecule has 0 spiro atoms. The molecule has 0 radical (unpaired) electrons. The van der Waals surface area contributed by atoms with Crippen LogP contribution in [0.2, 0.25) is 0 Å². The molecular formula is C16H25BN2O5. The summed E-state index contributed by atoms with van der Waals surface area (Å²) in [6.45, 7) is 10.3. The van der Waals surface area contributed by atoms with Crippen molar-refractivity contribution in [2.75, 3.05) is 12.3 Å². The third-order valence-electron chi connectivity index (χ3n) is 4.62. The van der Waals surface area contributed by atoms with Crippen molar-refractivity contribution < 1.29 is 19.0 Å². The quantitative estimate of drug-likeness (QED) is 0.282. The van der Waals surface area contributed by atoms with Crippen LogP contribution in [-0.2, 0) is 9.31 Å². The van der Waals surface area contributed by atoms with Crippen LogP contribution in [0.1, 0.15) is 47.5 Å². The average Bonchev–Trinajstić information content (AvgIpc) is 2.67. The number of nitrogens with two attached hydrogens (primary N) is 1. The van der Waals surface area contributed by atoms with E-state index in [1.165, 1.54) is 12.1 Å². The van der Waals surface area contributed by atoms with Gasteiger partial charge in [0, 0.05) is 17.6 Å². The topological polar surface area (TPSA) is 96.9 Å². The summed E-state index contributed by atoms with van der Waals surface area (Å²) in [6, 6.07) is 2.87. The van der Waals surface area contributed by atoms with E-state index >= 15 is 0 Å². The number of benzene rings is 1. The van der Waals surface area contributed by atoms with Crippen molar-refractivity contribution in [3.05, 3.63) is 22.2 Å². The van der Waals surface area contributed by atoms with E-state index in [0.29, 0.717) is 17.8 Å². The molecule has 1 aliphatic rings. The highest BCUT2D eigenvalue weighted by molar-refractivity contribution is 6.63. The predicted molar refractivity (Wildman–Crippen MR) is 93.6 cm³/mol. The third-order valence-corrected chi connectivity index (χ3v) is 4.62. The number of unbranched alkanes of at least 4 members (excludes halogenated alkanes) is 1. The number of nitro groups is 1. The fourth-order valence-electron chi connectivity index (χ4n) is 2.36. The first kappa shape index (κ1) is 18.5. The minimum Gasteiger partial charge on any atom is -0.494 e. The van der Waals surface area contributed by atoms with E-state index in [0.717, 1.165) is 12.8 Å². The normalized spacial score (nSPS) is 18.6. The van der Waals surface area contributed by atoms with E-state index in [4.69, 9.17) is 19.8 Å². The number of hydrogen-bond donors (Lipinski definition) is 1. The summed E-state index contributed by atoms with van der Waals surface area (Å²) in [4.78, 5) is 10.7. The van der Waals surface area contributed by atoms with Gasteiger partial charge < -0.3 is 19.8 Å². The molecule has 7 nitrogen and oxygen atoms in total. The zero-order chi connectivity index (χ0) is 18.1. The largest absolute Gasteiger partial charge is 0.498 e. The molecule has 1 saturated heterocycles. The van der Waals surface area contributed by atoms with Crippen LogP contribution in [0.5, 0.6) is 5.75 Å². The molecule has 2 N–H and O–H groups in total. The number of ether oxygens (including phenoxy) is 1. The highest BCUT2D eigenvalue weighted by atomic mass is 16.7. The summed E-state index contributed by atoms with van der Waals surface area (Å²) < 4.78 is 17.8. The lowest BCUT2D eigenvalue weighted by Gasteiger charge is -2.32. The molecule has 1 fully saturated rings. The molecule has 0 saturated carbocycles. The Morgan fingerprint density at radius 1 is 1.25 bits per heavy atom. The predicted octanol–water partition coefficient (Wildman–Crippen LogP) is 2.66. The van der Waals surface area contributed by atoms with Crippen LogP contribution in [0, 0.1) is 10.1 Å². The van der Waals surface area contributed by atoms with Gasteiger partial charge in [-0.1, -0.05) is 13.3 Å². The molecule has 2 rings (SSSR count). The second kappa shape index (κ2) is 6.60. The Hall–Kier alpha value is -1.80. The Labute approximate surface area is 142 Å². The van der Waals surface area contributed by atoms with Crippen LogP contribution in [0.25, 0.3) is 0 Å². The molecule has 24 heavy (non-hydrogen) atoms. The molecule has 1 aliphatic heterocycles. The van der Waals surface area contributed by atoms with E-state index in [1.807, 2.05) is 27.7 Å². The van der Waals surface area contributed by atoms with Gasteiger partial charge in [-0.25, -0.2) is 0 Å². The van der Waals surface area contributed by atoms with Gasteiger partial charge >= 0.3 is 7.12 Å². The fraction of sp³-hybridized carbons (Fsp3) is 0.625. The lowest BCUT2D eigenvalue weighted by Crippen LogP contribution is -2.41. The molecule has 0 amide bonds. The van der Waals surface area contributed by atoms with Crippen molar-refractivity contribution in [2.24, 2.45) is 0 Å². The number of hydrogen-bond acceptors (Lipinski definition) is 6. The van der Waals surface area contributed by atoms with Crippen LogP contribution in [0.3, 0.4) is 0 Å². The second-order valence-electron chi connectivity index (χ2n) is 7.00. The Bertz CT molecular complexity index is 617. The zero-order valence-electron chi connectivity index (χ0n) is 14.9. The van der Waals surface area contributed by atoms with Crippen LogP contribution in [0.15, 0.2) is 12.1 Å². The van der Waals surface area contributed by atoms with Gasteiger partial charge in [0.05, 0.1) is 22.7 Å². The number of nitrogens with zero attached hydrogens (tertiary/aromatic N) is 1. The van der Waals surface area contributed by atoms with Crippen LogP contribution in [0.4, 0.5) is 11.4 Å². The first-order valence-electron chi connectivity index (χ1n) is 8.15. The van der Waals surface area contributed by atoms with Gasteiger partial charge in [0.1, 0.15) is 11.4 Å². The third kappa shape index (κ3) is 3.49. The van der Waals surface area contributed by atoms with Crippen LogP contribution in [-0.4, -0.2) is 29.9 Å². The summed E-state index contributed by atoms with van der Waals surface area (Å²) in [5, 5.41) is 11.2. The lowest BCUT2D eigenvalue weighted by molar-refractivity contribution is -0.383. The molecule has 1 heterocycles. The Morgan fingerprint density at radius 2 is 1.83 bits per heavy atom. The van der Waals surface area contributed by atoms with Crippen LogP contribution < -0.4 is 15.9 Å². The maximum absolute atomic E-state index is 11.2. The summed E-state index contributed by atoms with van der Waals surface area (Å²) in [6.07, 6.45) is 1.86. The fourth-order valence-corrected chi connectivity index (χ4v) is 2.36. The molecule has 8 heteroatoms. The maximum Gasteiger partial charge on any atom is 0.498 e. The maximum atomic E-state index is 11.2. The Morgan fingerprint density at radius 3 is 2.33 bits per heavy atom. The molecular weight excluding hydrogens is 311 g/mol. The summed E-state index contributed by atoms with van der Waals surface area (Å²) >= 11 is 0. The Kier molecular flexibility index (Phi) is 5.10. The summed E-state index contributed by atoms with van der Waals surface area (Å²) in [7, 11) is -0.745. The minimum atomic E-state index is -0.745. The van der Waals surface area contributed by atoms with E-state index in [9.17, 15) is 10.1 Å². The SMILES string of the molecule is CCCCOc1cc(N)c([N+](=O)[O-])cc1B1OC(C)(C)C(C)(C)O1. The van der Waals surface area contributed by atoms with Gasteiger partial charge in [-0.15, -0.1) is 0 Å². The van der Waals surface area contributed by atoms with Crippen molar-refractivity contribution in [3.8, 4) is 5.75 Å². The first-order valence-corrected chi connectivity index (χ1v) is 8.15. The molecule has 132 valence electrons. The van der Waals surface area contributed by atoms with Gasteiger partial charge in [0.15, 0.2) is 0 Å². The number of nitrogen functional groups attached to an aromatic ring is 1. The minimum absolute atomic E-state index is 0.0618. The standard InChI is InChI=1S/C16H25BN2O5/c1-6-7-8-22-14-10-12(18)13(19(20)21)9-11(14)17-23-15(2,3)16(4,5)24-17/h9-10H,6-8,18H2,1-5H3. The number of nitro benzene ring substituents is 1. The van der Waals surface area contributed by atoms with Crippen molar-refractivity contribution in [1.82, 2.24) is 0 Å². The van der Waals surface area contributed by atoms with E-state index in [1.54, 1.807) is 0 Å². The van der Waals surface area contributed by atoms with Crippen LogP contribution >= 0.6 is 0 Å².